The molecule has 144 valence electrons. The number of nitrogens with one attached hydrogen (secondary N) is 1. The first kappa shape index (κ1) is 17.8. The zero-order valence-electron chi connectivity index (χ0n) is 15.4. The maximum Gasteiger partial charge on any atom is 0.237 e. The number of carbonyl (C=O) groups excluding carboxylic acids is 1. The van der Waals surface area contributed by atoms with Crippen molar-refractivity contribution >= 4 is 44.9 Å². The summed E-state index contributed by atoms with van der Waals surface area (Å²) >= 11 is 3.26. The number of aromatic nitrogens is 2. The molecule has 8 heteroatoms. The lowest BCUT2D eigenvalue weighted by atomic mass is 9.97. The number of amides is 1. The van der Waals surface area contributed by atoms with Crippen LogP contribution in [-0.2, 0) is 17.6 Å². The molecule has 0 bridgehead atoms. The number of hydrogen-bond acceptors (Lipinski definition) is 7. The fraction of sp³-hybridized carbons (Fsp3) is 0.350. The van der Waals surface area contributed by atoms with Crippen LogP contribution in [0.1, 0.15) is 30.2 Å². The summed E-state index contributed by atoms with van der Waals surface area (Å²) in [5, 5.41) is 4.72. The second-order valence-electron chi connectivity index (χ2n) is 6.89. The molecule has 1 aliphatic heterocycles. The second kappa shape index (κ2) is 7.25. The second-order valence-corrected chi connectivity index (χ2v) is 9.30. The van der Waals surface area contributed by atoms with E-state index < -0.39 is 0 Å². The number of rotatable bonds is 4. The van der Waals surface area contributed by atoms with E-state index in [1.807, 2.05) is 13.0 Å². The van der Waals surface area contributed by atoms with Gasteiger partial charge >= 0.3 is 0 Å². The van der Waals surface area contributed by atoms with Crippen LogP contribution in [0.3, 0.4) is 0 Å². The lowest BCUT2D eigenvalue weighted by Crippen LogP contribution is -2.22. The monoisotopic (exact) mass is 413 g/mol. The third kappa shape index (κ3) is 3.20. The van der Waals surface area contributed by atoms with Crippen LogP contribution in [0.25, 0.3) is 10.2 Å². The maximum atomic E-state index is 12.7. The maximum absolute atomic E-state index is 12.7. The molecule has 1 N–H and O–H groups in total. The summed E-state index contributed by atoms with van der Waals surface area (Å²) in [5.74, 6) is 1.28. The van der Waals surface area contributed by atoms with Crippen molar-refractivity contribution in [2.45, 2.75) is 42.9 Å². The van der Waals surface area contributed by atoms with Crippen molar-refractivity contribution in [1.29, 1.82) is 0 Å². The molecular formula is C20H19N3O3S2. The Morgan fingerprint density at radius 3 is 3.00 bits per heavy atom. The van der Waals surface area contributed by atoms with Crippen LogP contribution in [-0.4, -0.2) is 27.9 Å². The van der Waals surface area contributed by atoms with E-state index in [-0.39, 0.29) is 18.0 Å². The van der Waals surface area contributed by atoms with Crippen LogP contribution in [0.15, 0.2) is 29.6 Å². The topological polar surface area (TPSA) is 73.3 Å². The number of fused-ring (bicyclic) bond motifs is 4. The first-order valence-corrected chi connectivity index (χ1v) is 11.0. The van der Waals surface area contributed by atoms with Gasteiger partial charge in [0.2, 0.25) is 12.7 Å². The quantitative estimate of drug-likeness (QED) is 0.504. The van der Waals surface area contributed by atoms with Crippen molar-refractivity contribution in [2.75, 3.05) is 12.1 Å². The minimum absolute atomic E-state index is 0.0697. The molecule has 3 heterocycles. The molecule has 28 heavy (non-hydrogen) atoms. The predicted molar refractivity (Wildman–Crippen MR) is 111 cm³/mol. The summed E-state index contributed by atoms with van der Waals surface area (Å²) in [6.45, 7) is 2.12. The van der Waals surface area contributed by atoms with Crippen molar-refractivity contribution in [3.8, 4) is 11.5 Å². The van der Waals surface area contributed by atoms with E-state index in [1.165, 1.54) is 35.0 Å². The van der Waals surface area contributed by atoms with Gasteiger partial charge in [-0.25, -0.2) is 9.97 Å². The van der Waals surface area contributed by atoms with Crippen LogP contribution in [0, 0.1) is 0 Å². The molecule has 2 aliphatic rings. The smallest absolute Gasteiger partial charge is 0.237 e. The van der Waals surface area contributed by atoms with Crippen molar-refractivity contribution < 1.29 is 14.3 Å². The zero-order valence-corrected chi connectivity index (χ0v) is 17.0. The minimum Gasteiger partial charge on any atom is -0.454 e. The third-order valence-electron chi connectivity index (χ3n) is 5.01. The van der Waals surface area contributed by atoms with Crippen LogP contribution < -0.4 is 14.8 Å². The molecule has 6 nitrogen and oxygen atoms in total. The molecule has 1 aliphatic carbocycles. The molecule has 1 atom stereocenters. The zero-order chi connectivity index (χ0) is 19.1. The molecule has 0 radical (unpaired) electrons. The number of aryl methyl sites for hydroxylation is 2. The van der Waals surface area contributed by atoms with Crippen LogP contribution in [0.4, 0.5) is 5.69 Å². The van der Waals surface area contributed by atoms with Gasteiger partial charge in [0.25, 0.3) is 0 Å². The Morgan fingerprint density at radius 2 is 2.07 bits per heavy atom. The van der Waals surface area contributed by atoms with E-state index in [0.717, 1.165) is 28.1 Å². The number of nitrogens with zero attached hydrogens (tertiary/aromatic N) is 2. The minimum atomic E-state index is -0.289. The highest BCUT2D eigenvalue weighted by molar-refractivity contribution is 8.00. The fourth-order valence-corrected chi connectivity index (χ4v) is 5.83. The van der Waals surface area contributed by atoms with E-state index in [2.05, 4.69) is 15.3 Å². The molecule has 3 aromatic rings. The molecule has 0 saturated heterocycles. The van der Waals surface area contributed by atoms with Gasteiger partial charge in [-0.3, -0.25) is 4.79 Å². The number of thioether (sulfide) groups is 1. The summed E-state index contributed by atoms with van der Waals surface area (Å²) in [6.07, 6.45) is 6.26. The van der Waals surface area contributed by atoms with Crippen molar-refractivity contribution in [2.24, 2.45) is 0 Å². The Hall–Kier alpha value is -2.32. The molecular weight excluding hydrogens is 394 g/mol. The largest absolute Gasteiger partial charge is 0.454 e. The van der Waals surface area contributed by atoms with Crippen LogP contribution >= 0.6 is 23.1 Å². The fourth-order valence-electron chi connectivity index (χ4n) is 3.59. The first-order valence-electron chi connectivity index (χ1n) is 9.31. The molecule has 0 fully saturated rings. The van der Waals surface area contributed by atoms with Gasteiger partial charge in [0.1, 0.15) is 16.2 Å². The van der Waals surface area contributed by atoms with Crippen molar-refractivity contribution in [1.82, 2.24) is 9.97 Å². The lowest BCUT2D eigenvalue weighted by Gasteiger charge is -2.14. The van der Waals surface area contributed by atoms with Gasteiger partial charge < -0.3 is 14.8 Å². The van der Waals surface area contributed by atoms with E-state index in [1.54, 1.807) is 29.8 Å². The number of anilines is 1. The van der Waals surface area contributed by atoms with Gasteiger partial charge in [0.15, 0.2) is 11.5 Å². The summed E-state index contributed by atoms with van der Waals surface area (Å²) < 4.78 is 10.7. The summed E-state index contributed by atoms with van der Waals surface area (Å²) in [4.78, 5) is 24.2. The van der Waals surface area contributed by atoms with Gasteiger partial charge in [-0.15, -0.1) is 11.3 Å². The predicted octanol–water partition coefficient (Wildman–Crippen LogP) is 4.42. The summed E-state index contributed by atoms with van der Waals surface area (Å²) in [5.41, 5.74) is 2.08. The highest BCUT2D eigenvalue weighted by Crippen LogP contribution is 2.40. The highest BCUT2D eigenvalue weighted by Gasteiger charge is 2.23. The number of carbonyl (C=O) groups is 1. The van der Waals surface area contributed by atoms with E-state index in [9.17, 15) is 4.79 Å². The Bertz CT molecular complexity index is 1070. The first-order chi connectivity index (χ1) is 13.7. The molecule has 0 unspecified atom stereocenters. The van der Waals surface area contributed by atoms with Crippen LogP contribution in [0.5, 0.6) is 11.5 Å². The average Bonchev–Trinajstić information content (AvgIpc) is 3.32. The van der Waals surface area contributed by atoms with Crippen LogP contribution in [0.2, 0.25) is 0 Å². The normalized spacial score (nSPS) is 16.0. The van der Waals surface area contributed by atoms with Crippen molar-refractivity contribution in [3.05, 3.63) is 35.0 Å². The molecule has 1 aromatic carbocycles. The number of benzene rings is 1. The van der Waals surface area contributed by atoms with Gasteiger partial charge in [-0.2, -0.15) is 0 Å². The molecule has 2 aromatic heterocycles. The van der Waals surface area contributed by atoms with Gasteiger partial charge in [-0.05, 0) is 50.3 Å². The Balaban J connectivity index is 1.36. The number of thiophene rings is 1. The Kier molecular flexibility index (Phi) is 4.60. The number of hydrogen-bond donors (Lipinski definition) is 1. The molecule has 0 saturated carbocycles. The average molecular weight is 414 g/mol. The summed E-state index contributed by atoms with van der Waals surface area (Å²) in [6, 6.07) is 5.41. The molecule has 1 amide bonds. The lowest BCUT2D eigenvalue weighted by molar-refractivity contribution is -0.115. The molecule has 5 rings (SSSR count). The third-order valence-corrected chi connectivity index (χ3v) is 7.31. The highest BCUT2D eigenvalue weighted by atomic mass is 32.2. The van der Waals surface area contributed by atoms with E-state index in [0.29, 0.717) is 17.2 Å². The van der Waals surface area contributed by atoms with Crippen molar-refractivity contribution in [3.63, 3.8) is 0 Å². The van der Waals surface area contributed by atoms with E-state index >= 15 is 0 Å². The van der Waals surface area contributed by atoms with Gasteiger partial charge in [0, 0.05) is 22.0 Å². The SMILES string of the molecule is C[C@H](Sc1ncnc2sc3c(c12)CCCC3)C(=O)Nc1ccc2c(c1)OCO2. The molecule has 0 spiro atoms. The standard InChI is InChI=1S/C20H19N3O3S2/c1-11(18(24)23-12-6-7-14-15(8-12)26-10-25-14)27-19-17-13-4-2-3-5-16(13)28-20(17)22-9-21-19/h6-9,11H,2-5,10H2,1H3,(H,23,24)/t11-/m0/s1. The Labute approximate surface area is 170 Å². The van der Waals surface area contributed by atoms with Gasteiger partial charge in [-0.1, -0.05) is 11.8 Å². The van der Waals surface area contributed by atoms with E-state index in [4.69, 9.17) is 9.47 Å². The Morgan fingerprint density at radius 1 is 1.21 bits per heavy atom. The number of ether oxygens (including phenoxy) is 2. The van der Waals surface area contributed by atoms with Gasteiger partial charge in [0.05, 0.1) is 5.25 Å². The summed E-state index contributed by atoms with van der Waals surface area (Å²) in [7, 11) is 0.